The van der Waals surface area contributed by atoms with Crippen molar-refractivity contribution >= 4 is 44.4 Å². The van der Waals surface area contributed by atoms with Gasteiger partial charge in [-0.3, -0.25) is 4.72 Å². The monoisotopic (exact) mass is 432 g/mol. The Hall–Kier alpha value is -1.68. The van der Waals surface area contributed by atoms with Crippen LogP contribution in [-0.4, -0.2) is 26.0 Å². The second kappa shape index (κ2) is 7.05. The van der Waals surface area contributed by atoms with E-state index in [0.29, 0.717) is 3.57 Å². The molecule has 0 amide bonds. The summed E-state index contributed by atoms with van der Waals surface area (Å²) in [6, 6.07) is 9.12. The quantitative estimate of drug-likeness (QED) is 0.580. The number of sulfonamides is 1. The molecule has 0 aliphatic carbocycles. The van der Waals surface area contributed by atoms with Gasteiger partial charge in [-0.05, 0) is 59.8 Å². The molecule has 1 aromatic carbocycles. The molecule has 6 nitrogen and oxygen atoms in total. The van der Waals surface area contributed by atoms with Crippen molar-refractivity contribution in [2.45, 2.75) is 11.8 Å². The van der Waals surface area contributed by atoms with Gasteiger partial charge in [-0.25, -0.2) is 18.2 Å². The number of hydrogen-bond acceptors (Lipinski definition) is 5. The van der Waals surface area contributed by atoms with Crippen molar-refractivity contribution in [3.8, 4) is 0 Å². The smallest absolute Gasteiger partial charge is 0.338 e. The highest BCUT2D eigenvalue weighted by molar-refractivity contribution is 14.1. The lowest BCUT2D eigenvalue weighted by atomic mass is 10.2. The Morgan fingerprint density at radius 2 is 2.09 bits per heavy atom. The maximum Gasteiger partial charge on any atom is 0.338 e. The molecule has 116 valence electrons. The lowest BCUT2D eigenvalue weighted by molar-refractivity contribution is 0.0526. The molecule has 0 saturated carbocycles. The molecule has 0 unspecified atom stereocenters. The normalized spacial score (nSPS) is 11.0. The summed E-state index contributed by atoms with van der Waals surface area (Å²) >= 11 is 1.98. The highest BCUT2D eigenvalue weighted by atomic mass is 127. The summed E-state index contributed by atoms with van der Waals surface area (Å²) in [5.41, 5.74) is 0.181. The van der Waals surface area contributed by atoms with Gasteiger partial charge in [0.25, 0.3) is 10.0 Å². The van der Waals surface area contributed by atoms with Gasteiger partial charge >= 0.3 is 5.97 Å². The number of nitrogens with zero attached hydrogens (tertiary/aromatic N) is 1. The standard InChI is InChI=1S/C14H13IN2O4S/c1-2-21-14(18)10-5-3-6-11(9-10)22(19,20)17-13-12(15)7-4-8-16-13/h3-9H,2H2,1H3,(H,16,17). The second-order valence-corrected chi connectivity index (χ2v) is 7.03. The Kier molecular flexibility index (Phi) is 5.35. The SMILES string of the molecule is CCOC(=O)c1cccc(S(=O)(=O)Nc2ncccc2I)c1. The van der Waals surface area contributed by atoms with Crippen molar-refractivity contribution in [1.29, 1.82) is 0 Å². The predicted molar refractivity (Wildman–Crippen MR) is 90.2 cm³/mol. The zero-order valence-corrected chi connectivity index (χ0v) is 14.6. The van der Waals surface area contributed by atoms with Gasteiger partial charge in [0.2, 0.25) is 0 Å². The van der Waals surface area contributed by atoms with Crippen molar-refractivity contribution < 1.29 is 17.9 Å². The fourth-order valence-corrected chi connectivity index (χ4v) is 3.39. The summed E-state index contributed by atoms with van der Waals surface area (Å²) in [5.74, 6) is -0.323. The molecular weight excluding hydrogens is 419 g/mol. The Bertz CT molecular complexity index is 793. The topological polar surface area (TPSA) is 85.4 Å². The summed E-state index contributed by atoms with van der Waals surface area (Å²) in [6.07, 6.45) is 1.50. The highest BCUT2D eigenvalue weighted by Gasteiger charge is 2.18. The number of pyridine rings is 1. The molecule has 0 aliphatic heterocycles. The van der Waals surface area contributed by atoms with Crippen LogP contribution in [0.4, 0.5) is 5.82 Å². The van der Waals surface area contributed by atoms with Crippen molar-refractivity contribution in [3.63, 3.8) is 0 Å². The van der Waals surface area contributed by atoms with Crippen LogP contribution >= 0.6 is 22.6 Å². The number of aromatic nitrogens is 1. The van der Waals surface area contributed by atoms with E-state index in [4.69, 9.17) is 4.74 Å². The molecule has 0 spiro atoms. The minimum absolute atomic E-state index is 0.0282. The Morgan fingerprint density at radius 3 is 2.77 bits per heavy atom. The molecular formula is C14H13IN2O4S. The maximum absolute atomic E-state index is 12.4. The summed E-state index contributed by atoms with van der Waals surface area (Å²) in [7, 11) is -3.83. The van der Waals surface area contributed by atoms with E-state index in [-0.39, 0.29) is 22.9 Å². The van der Waals surface area contributed by atoms with Gasteiger partial charge in [-0.1, -0.05) is 6.07 Å². The number of ether oxygens (including phenoxy) is 1. The van der Waals surface area contributed by atoms with E-state index in [9.17, 15) is 13.2 Å². The van der Waals surface area contributed by atoms with E-state index in [1.807, 2.05) is 22.6 Å². The number of halogens is 1. The molecule has 1 N–H and O–H groups in total. The van der Waals surface area contributed by atoms with Gasteiger partial charge in [0.15, 0.2) is 5.82 Å². The fourth-order valence-electron chi connectivity index (χ4n) is 1.65. The van der Waals surface area contributed by atoms with Crippen molar-refractivity contribution in [2.24, 2.45) is 0 Å². The third kappa shape index (κ3) is 3.95. The average Bonchev–Trinajstić information content (AvgIpc) is 2.50. The highest BCUT2D eigenvalue weighted by Crippen LogP contribution is 2.20. The van der Waals surface area contributed by atoms with E-state index < -0.39 is 16.0 Å². The molecule has 0 aliphatic rings. The van der Waals surface area contributed by atoms with E-state index >= 15 is 0 Å². The number of esters is 1. The van der Waals surface area contributed by atoms with Gasteiger partial charge in [0.05, 0.1) is 20.6 Å². The first-order chi connectivity index (χ1) is 10.4. The van der Waals surface area contributed by atoms with Crippen molar-refractivity contribution in [2.75, 3.05) is 11.3 Å². The molecule has 1 aromatic heterocycles. The fraction of sp³-hybridized carbons (Fsp3) is 0.143. The molecule has 22 heavy (non-hydrogen) atoms. The predicted octanol–water partition coefficient (Wildman–Crippen LogP) is 2.66. The molecule has 2 rings (SSSR count). The van der Waals surface area contributed by atoms with Crippen LogP contribution in [0.25, 0.3) is 0 Å². The first-order valence-electron chi connectivity index (χ1n) is 6.34. The third-order valence-corrected chi connectivity index (χ3v) is 4.85. The van der Waals surface area contributed by atoms with Crippen LogP contribution in [0.2, 0.25) is 0 Å². The summed E-state index contributed by atoms with van der Waals surface area (Å²) in [5, 5.41) is 0. The number of carbonyl (C=O) groups is 1. The molecule has 0 atom stereocenters. The number of nitrogens with one attached hydrogen (secondary N) is 1. The molecule has 0 radical (unpaired) electrons. The van der Waals surface area contributed by atoms with E-state index in [2.05, 4.69) is 9.71 Å². The lowest BCUT2D eigenvalue weighted by Gasteiger charge is -2.09. The van der Waals surface area contributed by atoms with Crippen LogP contribution < -0.4 is 4.72 Å². The largest absolute Gasteiger partial charge is 0.462 e. The molecule has 1 heterocycles. The van der Waals surface area contributed by atoms with Crippen molar-refractivity contribution in [1.82, 2.24) is 4.98 Å². The van der Waals surface area contributed by atoms with E-state index in [1.165, 1.54) is 30.5 Å². The van der Waals surface area contributed by atoms with Gasteiger partial charge < -0.3 is 4.74 Å². The first kappa shape index (κ1) is 16.7. The van der Waals surface area contributed by atoms with Crippen LogP contribution in [0.1, 0.15) is 17.3 Å². The second-order valence-electron chi connectivity index (χ2n) is 4.19. The van der Waals surface area contributed by atoms with Gasteiger partial charge in [0.1, 0.15) is 0 Å². The molecule has 0 fully saturated rings. The van der Waals surface area contributed by atoms with Crippen molar-refractivity contribution in [3.05, 3.63) is 51.7 Å². The Labute approximate surface area is 142 Å². The minimum atomic E-state index is -3.83. The van der Waals surface area contributed by atoms with E-state index in [1.54, 1.807) is 19.1 Å². The van der Waals surface area contributed by atoms with Crippen LogP contribution in [0.3, 0.4) is 0 Å². The first-order valence-corrected chi connectivity index (χ1v) is 8.91. The Balaban J connectivity index is 2.32. The summed E-state index contributed by atoms with van der Waals surface area (Å²) < 4.78 is 32.7. The minimum Gasteiger partial charge on any atom is -0.462 e. The number of carbonyl (C=O) groups excluding carboxylic acids is 1. The summed E-state index contributed by atoms with van der Waals surface area (Å²) in [4.78, 5) is 15.6. The molecule has 0 bridgehead atoms. The lowest BCUT2D eigenvalue weighted by Crippen LogP contribution is -2.15. The number of benzene rings is 1. The number of hydrogen-bond donors (Lipinski definition) is 1. The zero-order chi connectivity index (χ0) is 16.2. The number of anilines is 1. The Morgan fingerprint density at radius 1 is 1.32 bits per heavy atom. The third-order valence-electron chi connectivity index (χ3n) is 2.64. The van der Waals surface area contributed by atoms with Crippen LogP contribution in [0.15, 0.2) is 47.5 Å². The number of rotatable bonds is 5. The molecule has 8 heteroatoms. The van der Waals surface area contributed by atoms with E-state index in [0.717, 1.165) is 0 Å². The van der Waals surface area contributed by atoms with Gasteiger partial charge in [0, 0.05) is 6.20 Å². The molecule has 0 saturated heterocycles. The van der Waals surface area contributed by atoms with Crippen LogP contribution in [0.5, 0.6) is 0 Å². The van der Waals surface area contributed by atoms with Crippen LogP contribution in [-0.2, 0) is 14.8 Å². The van der Waals surface area contributed by atoms with Gasteiger partial charge in [-0.2, -0.15) is 0 Å². The summed E-state index contributed by atoms with van der Waals surface area (Å²) in [6.45, 7) is 1.91. The van der Waals surface area contributed by atoms with Gasteiger partial charge in [-0.15, -0.1) is 0 Å². The average molecular weight is 432 g/mol. The maximum atomic E-state index is 12.4. The zero-order valence-electron chi connectivity index (χ0n) is 11.6. The van der Waals surface area contributed by atoms with Crippen LogP contribution in [0, 0.1) is 3.57 Å². The molecule has 2 aromatic rings.